The number of nitrogens with zero attached hydrogens (tertiary/aromatic N) is 4. The van der Waals surface area contributed by atoms with E-state index in [0.717, 1.165) is 81.3 Å². The van der Waals surface area contributed by atoms with Gasteiger partial charge < -0.3 is 40.5 Å². The largest absolute Gasteiger partial charge is 0.450 e. The summed E-state index contributed by atoms with van der Waals surface area (Å²) in [4.78, 5) is 94.3. The van der Waals surface area contributed by atoms with E-state index in [4.69, 9.17) is 9.47 Å². The van der Waals surface area contributed by atoms with Crippen LogP contribution in [0.3, 0.4) is 0 Å². The topological polar surface area (TPSA) is 201 Å². The molecule has 16 nitrogen and oxygen atoms in total. The molecule has 0 unspecified atom stereocenters. The number of pyridine rings is 2. The van der Waals surface area contributed by atoms with Crippen molar-refractivity contribution < 1.29 is 38.2 Å². The summed E-state index contributed by atoms with van der Waals surface area (Å²) in [5.74, 6) is -1.35. The number of rotatable bonds is 16. The van der Waals surface area contributed by atoms with Gasteiger partial charge in [-0.2, -0.15) is 0 Å². The lowest BCUT2D eigenvalue weighted by molar-refractivity contribution is -0.141. The van der Waals surface area contributed by atoms with Crippen molar-refractivity contribution in [1.29, 1.82) is 0 Å². The molecule has 6 amide bonds. The maximum absolute atomic E-state index is 14.4. The van der Waals surface area contributed by atoms with E-state index in [0.29, 0.717) is 50.1 Å². The maximum atomic E-state index is 14.4. The van der Waals surface area contributed by atoms with Crippen molar-refractivity contribution in [1.82, 2.24) is 30.4 Å². The van der Waals surface area contributed by atoms with Crippen molar-refractivity contribution in [3.63, 3.8) is 0 Å². The number of ether oxygens (including phenoxy) is 2. The molecule has 4 heterocycles. The number of carbonyl (C=O) groups is 6. The van der Waals surface area contributed by atoms with Gasteiger partial charge in [0.25, 0.3) is 0 Å². The standard InChI is InChI=1S/C61H66N8O8/c1-4-76-59(74)66-52(32-40-14-8-6-9-15-40)57(72)68-28-12-18-53(68)55(70)64-48-33-46(36-62-38-48)50-30-41-20-24-44(50)25-21-42-23-27-45(26-22-41)51(31-42)47-34-49(39-63-37-47)65-56(71)54-19-13-29-69(54)58(73)61(3,67-60(75)77-5-2)35-43-16-10-7-11-17-43/h6-11,14-17,20,23-24,27,30-31,33-34,36-39,52-54H,4-5,12-13,18-19,21-22,25-26,28-29,32,35H2,1-3H3,(H,64,70)(H,65,71)(H,66,74)(H,67,75)/t52-,53-,54-,61-/m0/s1. The molecule has 4 atom stereocenters. The zero-order valence-corrected chi connectivity index (χ0v) is 43.9. The minimum Gasteiger partial charge on any atom is -0.450 e. The van der Waals surface area contributed by atoms with Gasteiger partial charge >= 0.3 is 12.2 Å². The molecule has 2 aromatic heterocycles. The molecule has 4 bridgehead atoms. The summed E-state index contributed by atoms with van der Waals surface area (Å²) in [5.41, 5.74) is 9.66. The van der Waals surface area contributed by atoms with E-state index in [9.17, 15) is 28.8 Å². The average molecular weight is 1040 g/mol. The summed E-state index contributed by atoms with van der Waals surface area (Å²) in [6, 6.07) is 33.5. The summed E-state index contributed by atoms with van der Waals surface area (Å²) in [5, 5.41) is 11.7. The third-order valence-corrected chi connectivity index (χ3v) is 14.7. The molecule has 4 aliphatic carbocycles. The van der Waals surface area contributed by atoms with Gasteiger partial charge in [-0.3, -0.25) is 29.1 Å². The second-order valence-electron chi connectivity index (χ2n) is 20.2. The van der Waals surface area contributed by atoms with Crippen LogP contribution in [0.1, 0.15) is 79.8 Å². The van der Waals surface area contributed by atoms with Gasteiger partial charge in [-0.15, -0.1) is 0 Å². The number of hydrogen-bond acceptors (Lipinski definition) is 10. The monoisotopic (exact) mass is 1040 g/mol. The normalized spacial score (nSPS) is 17.0. The Bertz CT molecular complexity index is 3120. The Labute approximate surface area is 449 Å². The van der Waals surface area contributed by atoms with Gasteiger partial charge in [-0.1, -0.05) is 97.1 Å². The highest BCUT2D eigenvalue weighted by molar-refractivity contribution is 6.01. The first-order chi connectivity index (χ1) is 37.4. The number of alkyl carbamates (subject to hydrolysis) is 2. The van der Waals surface area contributed by atoms with Crippen LogP contribution in [0.15, 0.2) is 134 Å². The number of carbonyl (C=O) groups excluding carboxylic acids is 6. The van der Waals surface area contributed by atoms with Crippen molar-refractivity contribution in [3.8, 4) is 22.3 Å². The van der Waals surface area contributed by atoms with E-state index in [1.807, 2.05) is 85.2 Å². The molecule has 398 valence electrons. The van der Waals surface area contributed by atoms with Gasteiger partial charge in [-0.05, 0) is 129 Å². The molecule has 2 saturated heterocycles. The van der Waals surface area contributed by atoms with Crippen LogP contribution < -0.4 is 21.3 Å². The first-order valence-corrected chi connectivity index (χ1v) is 26.7. The van der Waals surface area contributed by atoms with Crippen LogP contribution in [-0.4, -0.2) is 106 Å². The first kappa shape index (κ1) is 53.4. The van der Waals surface area contributed by atoms with Crippen molar-refractivity contribution >= 4 is 47.2 Å². The van der Waals surface area contributed by atoms with Crippen molar-refractivity contribution in [3.05, 3.63) is 167 Å². The molecule has 0 saturated carbocycles. The second-order valence-corrected chi connectivity index (χ2v) is 20.2. The minimum absolute atomic E-state index is 0.149. The minimum atomic E-state index is -1.36. The zero-order valence-electron chi connectivity index (χ0n) is 43.9. The molecule has 16 heteroatoms. The number of aromatic nitrogens is 2. The summed E-state index contributed by atoms with van der Waals surface area (Å²) < 4.78 is 10.3. The number of hydrogen-bond donors (Lipinski definition) is 4. The summed E-state index contributed by atoms with van der Waals surface area (Å²) in [6.45, 7) is 6.14. The van der Waals surface area contributed by atoms with E-state index < -0.39 is 35.9 Å². The van der Waals surface area contributed by atoms with Crippen LogP contribution in [0.25, 0.3) is 22.3 Å². The van der Waals surface area contributed by atoms with Crippen molar-refractivity contribution in [2.75, 3.05) is 36.9 Å². The van der Waals surface area contributed by atoms with Crippen LogP contribution in [0.4, 0.5) is 21.0 Å². The van der Waals surface area contributed by atoms with E-state index in [1.165, 1.54) is 0 Å². The van der Waals surface area contributed by atoms with Crippen molar-refractivity contribution in [2.24, 2.45) is 0 Å². The molecule has 77 heavy (non-hydrogen) atoms. The van der Waals surface area contributed by atoms with Crippen LogP contribution in [0.5, 0.6) is 0 Å². The third kappa shape index (κ3) is 13.0. The Hall–Kier alpha value is -8.40. The van der Waals surface area contributed by atoms with Gasteiger partial charge in [-0.25, -0.2) is 9.59 Å². The third-order valence-electron chi connectivity index (χ3n) is 14.7. The number of likely N-dealkylation sites (tertiary alicyclic amines) is 2. The van der Waals surface area contributed by atoms with Crippen molar-refractivity contribution in [2.45, 2.75) is 109 Å². The molecule has 6 aliphatic rings. The summed E-state index contributed by atoms with van der Waals surface area (Å²) in [7, 11) is 0. The maximum Gasteiger partial charge on any atom is 0.407 e. The fourth-order valence-corrected chi connectivity index (χ4v) is 10.9. The first-order valence-electron chi connectivity index (χ1n) is 26.7. The van der Waals surface area contributed by atoms with Gasteiger partial charge in [0.05, 0.1) is 37.0 Å². The molecule has 4 N–H and O–H groups in total. The van der Waals surface area contributed by atoms with Crippen LogP contribution >= 0.6 is 0 Å². The Kier molecular flexibility index (Phi) is 17.0. The number of anilines is 2. The molecular formula is C61H66N8O8. The van der Waals surface area contributed by atoms with Crippen LogP contribution in [0, 0.1) is 0 Å². The van der Waals surface area contributed by atoms with Gasteiger partial charge in [0.2, 0.25) is 23.6 Å². The number of benzene rings is 4. The fourth-order valence-electron chi connectivity index (χ4n) is 10.9. The Balaban J connectivity index is 0.876. The SMILES string of the molecule is CCOC(=O)N[C@@H](Cc1ccccc1)C(=O)N1CCC[C@H]1C(=O)Nc1cncc(-c2cc3ccc2CCc2ccc(c(-c4cncc(NC(=O)[C@@H]5CCCN5C(=O)[C@](C)(Cc5ccccc5)NC(=O)OCC)c4)c2)CC3)c1. The molecule has 2 fully saturated rings. The van der Waals surface area contributed by atoms with E-state index in [2.05, 4.69) is 67.6 Å². The van der Waals surface area contributed by atoms with Crippen LogP contribution in [0.2, 0.25) is 0 Å². The average Bonchev–Trinajstić information content (AvgIpc) is 4.14. The van der Waals surface area contributed by atoms with Crippen LogP contribution in [-0.2, 0) is 67.2 Å². The molecule has 0 spiro atoms. The highest BCUT2D eigenvalue weighted by Gasteiger charge is 2.45. The Morgan fingerprint density at radius 2 is 1.12 bits per heavy atom. The summed E-state index contributed by atoms with van der Waals surface area (Å²) in [6.07, 6.45) is 11.1. The van der Waals surface area contributed by atoms with E-state index in [1.54, 1.807) is 43.0 Å². The molecule has 2 aliphatic heterocycles. The quantitative estimate of drug-likeness (QED) is 0.0727. The molecule has 6 aromatic rings. The highest BCUT2D eigenvalue weighted by Crippen LogP contribution is 2.34. The lowest BCUT2D eigenvalue weighted by Crippen LogP contribution is -2.61. The summed E-state index contributed by atoms with van der Waals surface area (Å²) >= 11 is 0. The highest BCUT2D eigenvalue weighted by atomic mass is 16.6. The molecule has 0 radical (unpaired) electrons. The van der Waals surface area contributed by atoms with Gasteiger partial charge in [0, 0.05) is 49.5 Å². The number of aryl methyl sites for hydroxylation is 4. The Morgan fingerprint density at radius 1 is 0.610 bits per heavy atom. The predicted octanol–water partition coefficient (Wildman–Crippen LogP) is 8.66. The van der Waals surface area contributed by atoms with E-state index in [-0.39, 0.29) is 49.7 Å². The second kappa shape index (κ2) is 24.5. The zero-order chi connectivity index (χ0) is 53.9. The number of amides is 6. The molecular weight excluding hydrogens is 973 g/mol. The van der Waals surface area contributed by atoms with E-state index >= 15 is 0 Å². The lowest BCUT2D eigenvalue weighted by atomic mass is 9.88. The Morgan fingerprint density at radius 3 is 1.66 bits per heavy atom. The lowest BCUT2D eigenvalue weighted by Gasteiger charge is -2.35. The smallest absolute Gasteiger partial charge is 0.407 e. The van der Waals surface area contributed by atoms with Gasteiger partial charge in [0.15, 0.2) is 0 Å². The van der Waals surface area contributed by atoms with Gasteiger partial charge in [0.1, 0.15) is 23.7 Å². The molecule has 12 rings (SSSR count). The fraction of sp³-hybridized carbons (Fsp3) is 0.344. The predicted molar refractivity (Wildman–Crippen MR) is 294 cm³/mol. The number of nitrogens with one attached hydrogen (secondary N) is 4. The molecule has 4 aromatic carbocycles.